The van der Waals surface area contributed by atoms with E-state index in [-0.39, 0.29) is 41.4 Å². The highest BCUT2D eigenvalue weighted by Gasteiger charge is 2.45. The number of nitrogens with one attached hydrogen (secondary N) is 4. The number of carbonyl (C=O) groups is 1. The van der Waals surface area contributed by atoms with Gasteiger partial charge in [-0.1, -0.05) is 6.92 Å². The maximum Gasteiger partial charge on any atom is 0.220 e. The maximum atomic E-state index is 12.6. The molecule has 0 aromatic heterocycles. The number of carbonyl (C=O) groups excluding carboxylic acids is 1. The summed E-state index contributed by atoms with van der Waals surface area (Å²) in [5, 5.41) is 24.4. The smallest absolute Gasteiger partial charge is 0.220 e. The summed E-state index contributed by atoms with van der Waals surface area (Å²) < 4.78 is 6.34. The molecule has 38 heavy (non-hydrogen) atoms. The zero-order valence-corrected chi connectivity index (χ0v) is 24.5. The third kappa shape index (κ3) is 8.28. The lowest BCUT2D eigenvalue weighted by Gasteiger charge is -2.48. The van der Waals surface area contributed by atoms with E-state index in [1.165, 1.54) is 12.8 Å². The fourth-order valence-corrected chi connectivity index (χ4v) is 7.55. The number of halogens is 1. The third-order valence-electron chi connectivity index (χ3n) is 9.51. The van der Waals surface area contributed by atoms with Crippen LogP contribution in [0.2, 0.25) is 0 Å². The van der Waals surface area contributed by atoms with Crippen LogP contribution in [-0.2, 0) is 9.53 Å². The lowest BCUT2D eigenvalue weighted by Crippen LogP contribution is -2.64. The molecule has 1 amide bonds. The molecule has 0 spiro atoms. The number of nitriles is 1. The molecule has 0 bridgehead atoms. The summed E-state index contributed by atoms with van der Waals surface area (Å²) in [5.74, 6) is 1.03. The van der Waals surface area contributed by atoms with E-state index in [1.807, 2.05) is 14.1 Å². The Kier molecular flexibility index (Phi) is 11.5. The van der Waals surface area contributed by atoms with Gasteiger partial charge in [-0.05, 0) is 96.8 Å². The molecule has 4 N–H and O–H groups in total. The molecule has 10 atom stereocenters. The Balaban J connectivity index is 1.28. The van der Waals surface area contributed by atoms with Crippen molar-refractivity contribution in [3.8, 4) is 6.07 Å². The van der Waals surface area contributed by atoms with Crippen LogP contribution in [0.1, 0.15) is 71.1 Å². The number of piperidine rings is 2. The molecule has 2 saturated carbocycles. The largest absolute Gasteiger partial charge is 0.377 e. The molecule has 4 fully saturated rings. The van der Waals surface area contributed by atoms with Crippen molar-refractivity contribution in [2.45, 2.75) is 113 Å². The van der Waals surface area contributed by atoms with Gasteiger partial charge in [0.05, 0.1) is 30.1 Å². The Morgan fingerprint density at radius 3 is 2.74 bits per heavy atom. The molecule has 2 heterocycles. The van der Waals surface area contributed by atoms with Gasteiger partial charge in [0, 0.05) is 43.2 Å². The molecule has 2 saturated heterocycles. The first-order valence-electron chi connectivity index (χ1n) is 15.2. The van der Waals surface area contributed by atoms with Crippen LogP contribution in [0.5, 0.6) is 0 Å². The van der Waals surface area contributed by atoms with Crippen molar-refractivity contribution in [3.05, 3.63) is 0 Å². The molecule has 2 aliphatic carbocycles. The van der Waals surface area contributed by atoms with Crippen LogP contribution < -0.4 is 21.3 Å². The van der Waals surface area contributed by atoms with Crippen molar-refractivity contribution in [1.29, 1.82) is 5.26 Å². The summed E-state index contributed by atoms with van der Waals surface area (Å²) in [6.45, 7) is 5.81. The SMILES string of the molecule is CC1CCCNC1COC1CCC(NC2C(C#N)CNC3CCC(NC(=O)CCCN(C)C)CC32)C(Cl)C1. The molecule has 4 rings (SSSR count). The molecule has 9 heteroatoms. The lowest BCUT2D eigenvalue weighted by atomic mass is 9.70. The fourth-order valence-electron chi connectivity index (χ4n) is 7.15. The summed E-state index contributed by atoms with van der Waals surface area (Å²) in [6, 6.07) is 3.85. The van der Waals surface area contributed by atoms with E-state index in [0.717, 1.165) is 71.2 Å². The molecular weight excluding hydrogens is 500 g/mol. The molecule has 8 nitrogen and oxygen atoms in total. The number of rotatable bonds is 10. The Morgan fingerprint density at radius 1 is 1.16 bits per heavy atom. The minimum Gasteiger partial charge on any atom is -0.377 e. The molecule has 10 unspecified atom stereocenters. The number of hydrogen-bond donors (Lipinski definition) is 4. The van der Waals surface area contributed by atoms with Gasteiger partial charge in [-0.25, -0.2) is 0 Å². The van der Waals surface area contributed by atoms with Gasteiger partial charge in [-0.2, -0.15) is 5.26 Å². The molecule has 2 aliphatic heterocycles. The molecule has 0 aromatic rings. The number of nitrogens with zero attached hydrogens (tertiary/aromatic N) is 2. The zero-order valence-electron chi connectivity index (χ0n) is 23.8. The normalized spacial score (nSPS) is 39.8. The van der Waals surface area contributed by atoms with Crippen LogP contribution in [0.3, 0.4) is 0 Å². The average Bonchev–Trinajstić information content (AvgIpc) is 2.89. The number of amides is 1. The third-order valence-corrected chi connectivity index (χ3v) is 9.99. The van der Waals surface area contributed by atoms with Crippen LogP contribution in [0.25, 0.3) is 0 Å². The highest BCUT2D eigenvalue weighted by atomic mass is 35.5. The summed E-state index contributed by atoms with van der Waals surface area (Å²) in [7, 11) is 4.07. The monoisotopic (exact) mass is 550 g/mol. The molecule has 4 aliphatic rings. The molecular formula is C29H51ClN6O2. The number of alkyl halides is 1. The predicted octanol–water partition coefficient (Wildman–Crippen LogP) is 2.62. The number of fused-ring (bicyclic) bond motifs is 1. The first-order valence-corrected chi connectivity index (χ1v) is 15.6. The van der Waals surface area contributed by atoms with Gasteiger partial charge in [0.25, 0.3) is 0 Å². The lowest BCUT2D eigenvalue weighted by molar-refractivity contribution is -0.122. The van der Waals surface area contributed by atoms with Crippen LogP contribution in [-0.4, -0.2) is 92.8 Å². The van der Waals surface area contributed by atoms with E-state index in [1.54, 1.807) is 0 Å². The number of hydrogen-bond acceptors (Lipinski definition) is 7. The van der Waals surface area contributed by atoms with Gasteiger partial charge < -0.3 is 30.9 Å². The van der Waals surface area contributed by atoms with E-state index in [2.05, 4.69) is 39.2 Å². The zero-order chi connectivity index (χ0) is 27.1. The van der Waals surface area contributed by atoms with E-state index >= 15 is 0 Å². The van der Waals surface area contributed by atoms with Crippen LogP contribution in [0, 0.1) is 29.1 Å². The first kappa shape index (κ1) is 30.0. The highest BCUT2D eigenvalue weighted by Crippen LogP contribution is 2.36. The fraction of sp³-hybridized carbons (Fsp3) is 0.931. The standard InChI is InChI=1S/C29H51ClN6O2/c1-19-6-4-12-32-27(19)18-38-22-9-11-26(24(30)15-22)35-29-20(16-31)17-33-25-10-8-21(14-23(25)29)34-28(37)7-5-13-36(2)3/h19-27,29,32-33,35H,4-15,17-18H2,1-3H3,(H,34,37). The minimum atomic E-state index is -0.0949. The summed E-state index contributed by atoms with van der Waals surface area (Å²) in [4.78, 5) is 14.7. The summed E-state index contributed by atoms with van der Waals surface area (Å²) >= 11 is 6.96. The second-order valence-electron chi connectivity index (χ2n) is 12.7. The van der Waals surface area contributed by atoms with Crippen molar-refractivity contribution in [2.24, 2.45) is 17.8 Å². The second kappa shape index (κ2) is 14.6. The average molecular weight is 551 g/mol. The van der Waals surface area contributed by atoms with Crippen molar-refractivity contribution in [2.75, 3.05) is 40.3 Å². The van der Waals surface area contributed by atoms with Gasteiger partial charge >= 0.3 is 0 Å². The van der Waals surface area contributed by atoms with Gasteiger partial charge in [0.15, 0.2) is 0 Å². The van der Waals surface area contributed by atoms with Crippen molar-refractivity contribution >= 4 is 17.5 Å². The van der Waals surface area contributed by atoms with Crippen molar-refractivity contribution in [1.82, 2.24) is 26.2 Å². The van der Waals surface area contributed by atoms with E-state index in [9.17, 15) is 10.1 Å². The Morgan fingerprint density at radius 2 is 2.00 bits per heavy atom. The van der Waals surface area contributed by atoms with Gasteiger partial charge in [0.2, 0.25) is 5.91 Å². The molecule has 216 valence electrons. The molecule has 0 radical (unpaired) electrons. The minimum absolute atomic E-state index is 0.00560. The molecule has 0 aromatic carbocycles. The van der Waals surface area contributed by atoms with E-state index in [4.69, 9.17) is 16.3 Å². The van der Waals surface area contributed by atoms with Gasteiger partial charge in [0.1, 0.15) is 0 Å². The second-order valence-corrected chi connectivity index (χ2v) is 13.2. The maximum absolute atomic E-state index is 12.6. The van der Waals surface area contributed by atoms with Crippen molar-refractivity contribution < 1.29 is 9.53 Å². The Labute approximate surface area is 235 Å². The van der Waals surface area contributed by atoms with Crippen LogP contribution in [0.4, 0.5) is 0 Å². The van der Waals surface area contributed by atoms with Crippen LogP contribution in [0.15, 0.2) is 0 Å². The summed E-state index contributed by atoms with van der Waals surface area (Å²) in [6.07, 6.45) is 9.93. The van der Waals surface area contributed by atoms with Gasteiger partial charge in [-0.15, -0.1) is 11.6 Å². The predicted molar refractivity (Wildman–Crippen MR) is 152 cm³/mol. The quantitative estimate of drug-likeness (QED) is 0.310. The Bertz CT molecular complexity index is 794. The van der Waals surface area contributed by atoms with E-state index < -0.39 is 0 Å². The first-order chi connectivity index (χ1) is 18.3. The highest BCUT2D eigenvalue weighted by molar-refractivity contribution is 6.21. The van der Waals surface area contributed by atoms with Crippen LogP contribution >= 0.6 is 11.6 Å². The van der Waals surface area contributed by atoms with E-state index in [0.29, 0.717) is 30.3 Å². The topological polar surface area (TPSA) is 101 Å². The summed E-state index contributed by atoms with van der Waals surface area (Å²) in [5.41, 5.74) is 0. The van der Waals surface area contributed by atoms with Crippen molar-refractivity contribution in [3.63, 3.8) is 0 Å². The Hall–Kier alpha value is -0.950. The number of ether oxygens (including phenoxy) is 1. The van der Waals surface area contributed by atoms with Gasteiger partial charge in [-0.3, -0.25) is 4.79 Å².